The molecule has 1 amide bonds. The summed E-state index contributed by atoms with van der Waals surface area (Å²) in [5, 5.41) is 6.11. The molecule has 2 N–H and O–H groups in total. The lowest BCUT2D eigenvalue weighted by atomic mass is 9.95. The molecule has 0 unspecified atom stereocenters. The third kappa shape index (κ3) is 3.14. The molecular formula is C14H12Br2N4O. The lowest BCUT2D eigenvalue weighted by Gasteiger charge is -2.19. The summed E-state index contributed by atoms with van der Waals surface area (Å²) < 4.78 is 1.10. The first-order valence-corrected chi connectivity index (χ1v) is 8.04. The number of carbonyl (C=O) groups is 1. The summed E-state index contributed by atoms with van der Waals surface area (Å²) in [5.74, 6) is 0.251. The van der Waals surface area contributed by atoms with E-state index >= 15 is 0 Å². The Morgan fingerprint density at radius 3 is 3.00 bits per heavy atom. The minimum Gasteiger partial charge on any atom is -0.312 e. The van der Waals surface area contributed by atoms with Crippen molar-refractivity contribution in [1.82, 2.24) is 15.3 Å². The summed E-state index contributed by atoms with van der Waals surface area (Å²) in [4.78, 5) is 20.8. The molecule has 5 nitrogen and oxygen atoms in total. The fourth-order valence-electron chi connectivity index (χ4n) is 2.35. The van der Waals surface area contributed by atoms with Crippen LogP contribution < -0.4 is 10.6 Å². The largest absolute Gasteiger partial charge is 0.312 e. The van der Waals surface area contributed by atoms with E-state index in [4.69, 9.17) is 0 Å². The topological polar surface area (TPSA) is 66.9 Å². The van der Waals surface area contributed by atoms with E-state index in [1.165, 1.54) is 5.56 Å². The fourth-order valence-corrected chi connectivity index (χ4v) is 3.26. The molecule has 0 saturated carbocycles. The van der Waals surface area contributed by atoms with Crippen molar-refractivity contribution in [1.29, 1.82) is 0 Å². The van der Waals surface area contributed by atoms with E-state index in [1.807, 2.05) is 18.2 Å². The number of hydrogen-bond acceptors (Lipinski definition) is 4. The van der Waals surface area contributed by atoms with Gasteiger partial charge in [-0.2, -0.15) is 0 Å². The second kappa shape index (κ2) is 6.21. The van der Waals surface area contributed by atoms with Gasteiger partial charge in [0.15, 0.2) is 5.82 Å². The zero-order chi connectivity index (χ0) is 14.8. The molecule has 7 heteroatoms. The Hall–Kier alpha value is -1.31. The number of anilines is 1. The summed E-state index contributed by atoms with van der Waals surface area (Å²) in [6.07, 6.45) is 2.40. The maximum absolute atomic E-state index is 12.5. The van der Waals surface area contributed by atoms with Gasteiger partial charge in [0.25, 0.3) is 5.91 Å². The van der Waals surface area contributed by atoms with Gasteiger partial charge in [-0.15, -0.1) is 0 Å². The van der Waals surface area contributed by atoms with E-state index in [9.17, 15) is 4.79 Å². The molecular weight excluding hydrogens is 400 g/mol. The molecule has 2 aromatic rings. The van der Waals surface area contributed by atoms with Gasteiger partial charge < -0.3 is 10.6 Å². The summed E-state index contributed by atoms with van der Waals surface area (Å²) in [6.45, 7) is 1.69. The van der Waals surface area contributed by atoms with Crippen LogP contribution in [0, 0.1) is 0 Å². The highest BCUT2D eigenvalue weighted by molar-refractivity contribution is 9.11. The quantitative estimate of drug-likeness (QED) is 0.797. The third-order valence-corrected chi connectivity index (χ3v) is 4.25. The second-order valence-corrected chi connectivity index (χ2v) is 6.22. The van der Waals surface area contributed by atoms with E-state index in [2.05, 4.69) is 52.5 Å². The minimum atomic E-state index is -0.161. The summed E-state index contributed by atoms with van der Waals surface area (Å²) >= 11 is 6.53. The van der Waals surface area contributed by atoms with Gasteiger partial charge in [-0.25, -0.2) is 9.97 Å². The predicted molar refractivity (Wildman–Crippen MR) is 87.2 cm³/mol. The minimum absolute atomic E-state index is 0.161. The van der Waals surface area contributed by atoms with Crippen LogP contribution in [-0.4, -0.2) is 22.4 Å². The molecule has 0 bridgehead atoms. The van der Waals surface area contributed by atoms with Gasteiger partial charge in [0, 0.05) is 12.1 Å². The number of carbonyl (C=O) groups excluding carboxylic acids is 1. The van der Waals surface area contributed by atoms with Crippen LogP contribution in [0.3, 0.4) is 0 Å². The number of rotatable bonds is 2. The predicted octanol–water partition coefficient (Wildman–Crippen LogP) is 2.90. The van der Waals surface area contributed by atoms with Crippen LogP contribution in [-0.2, 0) is 13.0 Å². The Morgan fingerprint density at radius 2 is 2.19 bits per heavy atom. The van der Waals surface area contributed by atoms with Crippen LogP contribution in [0.4, 0.5) is 5.82 Å². The van der Waals surface area contributed by atoms with Crippen LogP contribution in [0.1, 0.15) is 21.5 Å². The van der Waals surface area contributed by atoms with Gasteiger partial charge in [0.1, 0.15) is 9.21 Å². The number of amides is 1. The number of aromatic nitrogens is 2. The second-order valence-electron chi connectivity index (χ2n) is 4.66. The van der Waals surface area contributed by atoms with E-state index in [1.54, 1.807) is 6.20 Å². The first-order valence-electron chi connectivity index (χ1n) is 6.46. The van der Waals surface area contributed by atoms with Gasteiger partial charge in [-0.05, 0) is 62.0 Å². The molecule has 0 fully saturated rings. The first-order chi connectivity index (χ1) is 10.1. The fraction of sp³-hybridized carbons (Fsp3) is 0.214. The number of nitrogens with one attached hydrogen (secondary N) is 2. The Balaban J connectivity index is 1.89. The number of hydrogen-bond donors (Lipinski definition) is 2. The molecule has 21 heavy (non-hydrogen) atoms. The van der Waals surface area contributed by atoms with E-state index in [0.29, 0.717) is 20.6 Å². The van der Waals surface area contributed by atoms with Gasteiger partial charge in [-0.1, -0.05) is 12.1 Å². The van der Waals surface area contributed by atoms with Crippen LogP contribution in [0.15, 0.2) is 33.6 Å². The molecule has 1 aliphatic heterocycles. The number of benzene rings is 1. The highest BCUT2D eigenvalue weighted by Crippen LogP contribution is 2.23. The van der Waals surface area contributed by atoms with Crippen molar-refractivity contribution in [2.24, 2.45) is 0 Å². The Morgan fingerprint density at radius 1 is 1.33 bits per heavy atom. The summed E-state index contributed by atoms with van der Waals surface area (Å²) in [5.41, 5.74) is 2.98. The van der Waals surface area contributed by atoms with Crippen LogP contribution >= 0.6 is 31.9 Å². The van der Waals surface area contributed by atoms with Crippen molar-refractivity contribution in [3.63, 3.8) is 0 Å². The van der Waals surface area contributed by atoms with Gasteiger partial charge in [0.2, 0.25) is 0 Å². The Labute approximate surface area is 138 Å². The average molecular weight is 412 g/mol. The normalized spacial score (nSPS) is 13.6. The lowest BCUT2D eigenvalue weighted by Crippen LogP contribution is -2.26. The first kappa shape index (κ1) is 14.6. The van der Waals surface area contributed by atoms with Crippen molar-refractivity contribution < 1.29 is 4.79 Å². The Kier molecular flexibility index (Phi) is 4.32. The highest BCUT2D eigenvalue weighted by Gasteiger charge is 2.18. The molecule has 0 aliphatic carbocycles. The molecule has 0 atom stereocenters. The molecule has 0 saturated heterocycles. The van der Waals surface area contributed by atoms with Crippen molar-refractivity contribution in [3.8, 4) is 0 Å². The number of halogens is 2. The molecule has 0 radical (unpaired) electrons. The molecule has 1 aromatic carbocycles. The number of nitrogens with zero attached hydrogens (tertiary/aromatic N) is 2. The summed E-state index contributed by atoms with van der Waals surface area (Å²) in [6, 6.07) is 5.80. The van der Waals surface area contributed by atoms with Crippen molar-refractivity contribution in [2.45, 2.75) is 13.0 Å². The standard InChI is InChI=1S/C14H12Br2N4O/c15-11-7-18-13(12(16)19-11)20-14(21)10-3-1-2-8-6-17-5-4-9(8)10/h1-3,7,17H,4-6H2,(H,18,20,21). The molecule has 108 valence electrons. The highest BCUT2D eigenvalue weighted by atomic mass is 79.9. The van der Waals surface area contributed by atoms with Crippen molar-refractivity contribution in [2.75, 3.05) is 11.9 Å². The molecule has 2 heterocycles. The lowest BCUT2D eigenvalue weighted by molar-refractivity contribution is 0.102. The zero-order valence-electron chi connectivity index (χ0n) is 11.0. The van der Waals surface area contributed by atoms with Gasteiger partial charge in [0.05, 0.1) is 6.20 Å². The zero-order valence-corrected chi connectivity index (χ0v) is 14.2. The van der Waals surface area contributed by atoms with E-state index in [0.717, 1.165) is 25.1 Å². The third-order valence-electron chi connectivity index (χ3n) is 3.32. The molecule has 1 aliphatic rings. The number of fused-ring (bicyclic) bond motifs is 1. The van der Waals surface area contributed by atoms with Crippen molar-refractivity contribution in [3.05, 3.63) is 50.3 Å². The van der Waals surface area contributed by atoms with E-state index < -0.39 is 0 Å². The van der Waals surface area contributed by atoms with Crippen LogP contribution in [0.2, 0.25) is 0 Å². The van der Waals surface area contributed by atoms with E-state index in [-0.39, 0.29) is 5.91 Å². The van der Waals surface area contributed by atoms with Gasteiger partial charge in [-0.3, -0.25) is 4.79 Å². The molecule has 0 spiro atoms. The molecule has 1 aromatic heterocycles. The Bertz CT molecular complexity index is 705. The SMILES string of the molecule is O=C(Nc1ncc(Br)nc1Br)c1cccc2c1CCNC2. The smallest absolute Gasteiger partial charge is 0.257 e. The van der Waals surface area contributed by atoms with Crippen LogP contribution in [0.5, 0.6) is 0 Å². The van der Waals surface area contributed by atoms with Crippen LogP contribution in [0.25, 0.3) is 0 Å². The monoisotopic (exact) mass is 410 g/mol. The summed E-state index contributed by atoms with van der Waals surface area (Å²) in [7, 11) is 0. The van der Waals surface area contributed by atoms with Crippen molar-refractivity contribution >= 4 is 43.6 Å². The maximum atomic E-state index is 12.5. The maximum Gasteiger partial charge on any atom is 0.257 e. The average Bonchev–Trinajstić information content (AvgIpc) is 2.49. The molecule has 3 rings (SSSR count). The van der Waals surface area contributed by atoms with Gasteiger partial charge >= 0.3 is 0 Å².